The number of amides is 2. The molecule has 110 valence electrons. The largest absolute Gasteiger partial charge is 0.478 e. The second-order valence-electron chi connectivity index (χ2n) is 4.69. The number of carboxylic acids is 1. The molecule has 0 atom stereocenters. The predicted octanol–water partition coefficient (Wildman–Crippen LogP) is 2.68. The molecule has 21 heavy (non-hydrogen) atoms. The molecule has 0 saturated heterocycles. The summed E-state index contributed by atoms with van der Waals surface area (Å²) in [6, 6.07) is 4.29. The first-order chi connectivity index (χ1) is 9.90. The lowest BCUT2D eigenvalue weighted by Gasteiger charge is -2.12. The van der Waals surface area contributed by atoms with Gasteiger partial charge in [-0.15, -0.1) is 0 Å². The molecule has 7 heteroatoms. The molecule has 7 nitrogen and oxygen atoms in total. The number of aromatic carboxylic acids is 1. The molecule has 0 aliphatic heterocycles. The monoisotopic (exact) mass is 288 g/mol. The van der Waals surface area contributed by atoms with Gasteiger partial charge in [0.2, 0.25) is 0 Å². The van der Waals surface area contributed by atoms with E-state index in [4.69, 9.17) is 5.11 Å². The maximum absolute atomic E-state index is 12.1. The van der Waals surface area contributed by atoms with Gasteiger partial charge in [-0.05, 0) is 32.4 Å². The molecular formula is C14H16N4O3. The van der Waals surface area contributed by atoms with Gasteiger partial charge in [0.1, 0.15) is 0 Å². The molecule has 1 heterocycles. The van der Waals surface area contributed by atoms with Gasteiger partial charge in [-0.1, -0.05) is 12.1 Å². The summed E-state index contributed by atoms with van der Waals surface area (Å²) >= 11 is 0. The number of hydrogen-bond acceptors (Lipinski definition) is 3. The van der Waals surface area contributed by atoms with Crippen molar-refractivity contribution in [3.63, 3.8) is 0 Å². The zero-order chi connectivity index (χ0) is 15.6. The molecule has 0 aliphatic rings. The highest BCUT2D eigenvalue weighted by Gasteiger charge is 2.16. The Morgan fingerprint density at radius 1 is 1.14 bits per heavy atom. The number of aromatic amines is 1. The quantitative estimate of drug-likeness (QED) is 0.696. The van der Waals surface area contributed by atoms with Crippen LogP contribution in [-0.2, 0) is 0 Å². The van der Waals surface area contributed by atoms with Crippen molar-refractivity contribution in [3.05, 3.63) is 40.7 Å². The fourth-order valence-corrected chi connectivity index (χ4v) is 2.01. The van der Waals surface area contributed by atoms with E-state index in [1.807, 2.05) is 0 Å². The van der Waals surface area contributed by atoms with Crippen LogP contribution >= 0.6 is 0 Å². The Kier molecular flexibility index (Phi) is 3.93. The van der Waals surface area contributed by atoms with E-state index < -0.39 is 12.0 Å². The molecule has 2 aromatic rings. The van der Waals surface area contributed by atoms with Crippen LogP contribution in [0.15, 0.2) is 18.2 Å². The number of H-pyrrole nitrogens is 1. The van der Waals surface area contributed by atoms with Gasteiger partial charge in [-0.25, -0.2) is 9.59 Å². The van der Waals surface area contributed by atoms with E-state index in [-0.39, 0.29) is 11.3 Å². The van der Waals surface area contributed by atoms with Crippen molar-refractivity contribution in [2.45, 2.75) is 20.8 Å². The minimum atomic E-state index is -1.09. The van der Waals surface area contributed by atoms with Crippen LogP contribution in [0.5, 0.6) is 0 Å². The van der Waals surface area contributed by atoms with E-state index in [9.17, 15) is 9.59 Å². The van der Waals surface area contributed by atoms with E-state index in [2.05, 4.69) is 20.8 Å². The summed E-state index contributed by atoms with van der Waals surface area (Å²) in [6.45, 7) is 5.28. The van der Waals surface area contributed by atoms with Crippen LogP contribution in [0.3, 0.4) is 0 Å². The maximum atomic E-state index is 12.1. The fourth-order valence-electron chi connectivity index (χ4n) is 2.01. The Balaban J connectivity index is 2.23. The molecule has 1 aromatic heterocycles. The zero-order valence-corrected chi connectivity index (χ0v) is 11.9. The molecule has 4 N–H and O–H groups in total. The average Bonchev–Trinajstić information content (AvgIpc) is 2.72. The second kappa shape index (κ2) is 5.66. The van der Waals surface area contributed by atoms with Gasteiger partial charge in [-0.2, -0.15) is 5.10 Å². The SMILES string of the molecule is Cc1cccc(C(=O)O)c1NC(=O)Nc1c(C)n[nH]c1C. The summed E-state index contributed by atoms with van der Waals surface area (Å²) in [4.78, 5) is 23.2. The van der Waals surface area contributed by atoms with Gasteiger partial charge in [0.15, 0.2) is 0 Å². The summed E-state index contributed by atoms with van der Waals surface area (Å²) in [7, 11) is 0. The van der Waals surface area contributed by atoms with Gasteiger partial charge in [-0.3, -0.25) is 5.10 Å². The van der Waals surface area contributed by atoms with Crippen LogP contribution < -0.4 is 10.6 Å². The lowest BCUT2D eigenvalue weighted by molar-refractivity contribution is 0.0698. The summed E-state index contributed by atoms with van der Waals surface area (Å²) in [6.07, 6.45) is 0. The third-order valence-corrected chi connectivity index (χ3v) is 3.11. The third kappa shape index (κ3) is 3.02. The smallest absolute Gasteiger partial charge is 0.337 e. The first kappa shape index (κ1) is 14.6. The standard InChI is InChI=1S/C14H16N4O3/c1-7-5-4-6-10(13(19)20)11(7)15-14(21)16-12-8(2)17-18-9(12)3/h4-6H,1-3H3,(H,17,18)(H,19,20)(H2,15,16,21). The van der Waals surface area contributed by atoms with Gasteiger partial charge in [0.05, 0.1) is 28.3 Å². The number of benzene rings is 1. The molecule has 2 amide bonds. The number of nitrogens with zero attached hydrogens (tertiary/aromatic N) is 1. The van der Waals surface area contributed by atoms with Crippen molar-refractivity contribution in [1.82, 2.24) is 10.2 Å². The molecule has 0 unspecified atom stereocenters. The lowest BCUT2D eigenvalue weighted by Crippen LogP contribution is -2.22. The van der Waals surface area contributed by atoms with Crippen LogP contribution in [0, 0.1) is 20.8 Å². The predicted molar refractivity (Wildman–Crippen MR) is 78.8 cm³/mol. The molecular weight excluding hydrogens is 272 g/mol. The maximum Gasteiger partial charge on any atom is 0.337 e. The molecule has 0 aliphatic carbocycles. The zero-order valence-electron chi connectivity index (χ0n) is 11.9. The van der Waals surface area contributed by atoms with E-state index in [1.165, 1.54) is 6.07 Å². The van der Waals surface area contributed by atoms with Crippen molar-refractivity contribution in [1.29, 1.82) is 0 Å². The van der Waals surface area contributed by atoms with Gasteiger partial charge in [0.25, 0.3) is 0 Å². The number of hydrogen-bond donors (Lipinski definition) is 4. The van der Waals surface area contributed by atoms with Crippen molar-refractivity contribution in [3.8, 4) is 0 Å². The summed E-state index contributed by atoms with van der Waals surface area (Å²) < 4.78 is 0. The molecule has 0 bridgehead atoms. The lowest BCUT2D eigenvalue weighted by atomic mass is 10.1. The highest BCUT2D eigenvalue weighted by Crippen LogP contribution is 2.22. The second-order valence-corrected chi connectivity index (χ2v) is 4.69. The van der Waals surface area contributed by atoms with Crippen LogP contribution in [0.1, 0.15) is 27.3 Å². The first-order valence-electron chi connectivity index (χ1n) is 6.32. The minimum Gasteiger partial charge on any atom is -0.478 e. The molecule has 0 saturated carbocycles. The van der Waals surface area contributed by atoms with Crippen molar-refractivity contribution < 1.29 is 14.7 Å². The van der Waals surface area contributed by atoms with Crippen LogP contribution in [0.2, 0.25) is 0 Å². The number of nitrogens with one attached hydrogen (secondary N) is 3. The van der Waals surface area contributed by atoms with Crippen molar-refractivity contribution >= 4 is 23.4 Å². The molecule has 2 rings (SSSR count). The Morgan fingerprint density at radius 3 is 2.38 bits per heavy atom. The fraction of sp³-hybridized carbons (Fsp3) is 0.214. The van der Waals surface area contributed by atoms with E-state index in [1.54, 1.807) is 32.9 Å². The molecule has 1 aromatic carbocycles. The van der Waals surface area contributed by atoms with Crippen molar-refractivity contribution in [2.75, 3.05) is 10.6 Å². The Morgan fingerprint density at radius 2 is 1.81 bits per heavy atom. The highest BCUT2D eigenvalue weighted by atomic mass is 16.4. The van der Waals surface area contributed by atoms with E-state index in [0.29, 0.717) is 16.9 Å². The Labute approximate surface area is 121 Å². The number of aromatic nitrogens is 2. The van der Waals surface area contributed by atoms with Crippen molar-refractivity contribution in [2.24, 2.45) is 0 Å². The van der Waals surface area contributed by atoms with Gasteiger partial charge >= 0.3 is 12.0 Å². The number of carboxylic acid groups (broad SMARTS) is 1. The number of rotatable bonds is 3. The number of aryl methyl sites for hydroxylation is 3. The first-order valence-corrected chi connectivity index (χ1v) is 6.32. The van der Waals surface area contributed by atoms with Crippen LogP contribution in [-0.4, -0.2) is 27.3 Å². The Bertz CT molecular complexity index is 687. The third-order valence-electron chi connectivity index (χ3n) is 3.11. The average molecular weight is 288 g/mol. The van der Waals surface area contributed by atoms with E-state index >= 15 is 0 Å². The number of carbonyl (C=O) groups is 2. The molecule has 0 spiro atoms. The van der Waals surface area contributed by atoms with Crippen LogP contribution in [0.4, 0.5) is 16.2 Å². The Hall–Kier alpha value is -2.83. The summed E-state index contributed by atoms with van der Waals surface area (Å²) in [5, 5.41) is 21.1. The normalized spacial score (nSPS) is 10.2. The summed E-state index contributed by atoms with van der Waals surface area (Å²) in [5.74, 6) is -1.09. The topological polar surface area (TPSA) is 107 Å². The van der Waals surface area contributed by atoms with Gasteiger partial charge < -0.3 is 15.7 Å². The van der Waals surface area contributed by atoms with E-state index in [0.717, 1.165) is 5.69 Å². The number of urea groups is 1. The van der Waals surface area contributed by atoms with Crippen LogP contribution in [0.25, 0.3) is 0 Å². The minimum absolute atomic E-state index is 0.0470. The number of anilines is 2. The number of para-hydroxylation sites is 1. The number of carbonyl (C=O) groups excluding carboxylic acids is 1. The molecule has 0 fully saturated rings. The summed E-state index contributed by atoms with van der Waals surface area (Å²) in [5.41, 5.74) is 2.97. The highest BCUT2D eigenvalue weighted by molar-refractivity contribution is 6.05. The molecule has 0 radical (unpaired) electrons. The van der Waals surface area contributed by atoms with Gasteiger partial charge in [0, 0.05) is 0 Å².